The summed E-state index contributed by atoms with van der Waals surface area (Å²) in [5.41, 5.74) is 1.07. The molecule has 0 atom stereocenters. The van der Waals surface area contributed by atoms with Crippen LogP contribution in [0.1, 0.15) is 24.8 Å². The summed E-state index contributed by atoms with van der Waals surface area (Å²) in [5.74, 6) is 0.863. The van der Waals surface area contributed by atoms with Crippen LogP contribution < -0.4 is 26.2 Å². The van der Waals surface area contributed by atoms with E-state index < -0.39 is 10.9 Å². The van der Waals surface area contributed by atoms with Crippen LogP contribution in [0.4, 0.5) is 11.4 Å². The average Bonchev–Trinajstić information content (AvgIpc) is 2.70. The van der Waals surface area contributed by atoms with E-state index in [0.29, 0.717) is 24.5 Å². The van der Waals surface area contributed by atoms with Crippen molar-refractivity contribution in [2.45, 2.75) is 25.8 Å². The number of likely N-dealkylation sites (tertiary alicyclic amines) is 1. The molecule has 2 N–H and O–H groups in total. The summed E-state index contributed by atoms with van der Waals surface area (Å²) in [6.07, 6.45) is 7.71. The SMILES string of the molecule is CNc1c(NC/C=C\COc2cccc(CN3CCCCC3)c2)c(=O)c1=O. The largest absolute Gasteiger partial charge is 0.490 e. The summed E-state index contributed by atoms with van der Waals surface area (Å²) in [4.78, 5) is 25.2. The number of ether oxygens (including phenoxy) is 1. The zero-order chi connectivity index (χ0) is 19.1. The smallest absolute Gasteiger partial charge is 0.253 e. The van der Waals surface area contributed by atoms with Gasteiger partial charge >= 0.3 is 0 Å². The molecule has 3 rings (SSSR count). The van der Waals surface area contributed by atoms with Crippen molar-refractivity contribution >= 4 is 11.4 Å². The number of nitrogens with one attached hydrogen (secondary N) is 2. The van der Waals surface area contributed by atoms with Crippen LogP contribution in [0.15, 0.2) is 46.0 Å². The Kier molecular flexibility index (Phi) is 6.65. The number of rotatable bonds is 9. The van der Waals surface area contributed by atoms with Gasteiger partial charge in [-0.1, -0.05) is 24.6 Å². The lowest BCUT2D eigenvalue weighted by Gasteiger charge is -2.26. The molecule has 2 aromatic carbocycles. The summed E-state index contributed by atoms with van der Waals surface area (Å²) in [7, 11) is 1.63. The van der Waals surface area contributed by atoms with Gasteiger partial charge in [-0.3, -0.25) is 14.5 Å². The number of nitrogens with zero attached hydrogens (tertiary/aromatic N) is 1. The van der Waals surface area contributed by atoms with Crippen molar-refractivity contribution in [1.29, 1.82) is 0 Å². The van der Waals surface area contributed by atoms with Crippen molar-refractivity contribution in [1.82, 2.24) is 4.90 Å². The van der Waals surface area contributed by atoms with Crippen molar-refractivity contribution < 1.29 is 4.74 Å². The lowest BCUT2D eigenvalue weighted by molar-refractivity contribution is 0.220. The van der Waals surface area contributed by atoms with Crippen molar-refractivity contribution in [2.75, 3.05) is 43.9 Å². The van der Waals surface area contributed by atoms with Crippen LogP contribution in [0.2, 0.25) is 0 Å². The first-order chi connectivity index (χ1) is 13.2. The molecule has 1 heterocycles. The summed E-state index contributed by atoms with van der Waals surface area (Å²) < 4.78 is 5.79. The second-order valence-electron chi connectivity index (χ2n) is 6.81. The Morgan fingerprint density at radius 2 is 1.85 bits per heavy atom. The monoisotopic (exact) mass is 369 g/mol. The van der Waals surface area contributed by atoms with Gasteiger partial charge in [0.2, 0.25) is 0 Å². The Balaban J connectivity index is 1.41. The molecular formula is C21H27N3O3. The predicted molar refractivity (Wildman–Crippen MR) is 110 cm³/mol. The topological polar surface area (TPSA) is 70.7 Å². The van der Waals surface area contributed by atoms with Crippen molar-refractivity contribution in [2.24, 2.45) is 0 Å². The first-order valence-electron chi connectivity index (χ1n) is 9.53. The van der Waals surface area contributed by atoms with Crippen LogP contribution in [0.25, 0.3) is 0 Å². The minimum atomic E-state index is -0.463. The fraction of sp³-hybridized carbons (Fsp3) is 0.429. The molecule has 6 heteroatoms. The lowest BCUT2D eigenvalue weighted by Crippen LogP contribution is -2.36. The van der Waals surface area contributed by atoms with Crippen LogP contribution in [0, 0.1) is 0 Å². The first-order valence-corrected chi connectivity index (χ1v) is 9.53. The standard InChI is InChI=1S/C21H27N3O3/c1-22-18-19(21(26)20(18)25)23-10-3-6-13-27-17-9-7-8-16(14-17)15-24-11-4-2-5-12-24/h3,6-9,14,22-23H,2,4-5,10-13,15H2,1H3/b6-3-. The van der Waals surface area contributed by atoms with Crippen LogP contribution >= 0.6 is 0 Å². The van der Waals surface area contributed by atoms with Gasteiger partial charge in [0, 0.05) is 20.1 Å². The van der Waals surface area contributed by atoms with Crippen LogP contribution in [0.3, 0.4) is 0 Å². The number of hydrogen-bond acceptors (Lipinski definition) is 6. The molecule has 0 bridgehead atoms. The van der Waals surface area contributed by atoms with Gasteiger partial charge in [0.05, 0.1) is 0 Å². The fourth-order valence-corrected chi connectivity index (χ4v) is 3.36. The summed E-state index contributed by atoms with van der Waals surface area (Å²) in [6.45, 7) is 4.27. The van der Waals surface area contributed by atoms with Crippen LogP contribution in [0.5, 0.6) is 5.75 Å². The fourth-order valence-electron chi connectivity index (χ4n) is 3.36. The molecule has 0 amide bonds. The van der Waals surface area contributed by atoms with Crippen molar-refractivity contribution in [3.05, 3.63) is 62.4 Å². The molecule has 0 aliphatic carbocycles. The minimum Gasteiger partial charge on any atom is -0.490 e. The Bertz CT molecular complexity index is 847. The van der Waals surface area contributed by atoms with Crippen molar-refractivity contribution in [3.63, 3.8) is 0 Å². The molecule has 0 saturated carbocycles. The predicted octanol–water partition coefficient (Wildman–Crippen LogP) is 2.36. The molecule has 6 nitrogen and oxygen atoms in total. The molecule has 1 aliphatic rings. The highest BCUT2D eigenvalue weighted by molar-refractivity contribution is 5.73. The van der Waals surface area contributed by atoms with Crippen LogP contribution in [-0.2, 0) is 6.54 Å². The van der Waals surface area contributed by atoms with E-state index in [-0.39, 0.29) is 0 Å². The van der Waals surface area contributed by atoms with Gasteiger partial charge in [-0.25, -0.2) is 0 Å². The highest BCUT2D eigenvalue weighted by Crippen LogP contribution is 2.17. The molecular weight excluding hydrogens is 342 g/mol. The number of benzene rings is 1. The molecule has 27 heavy (non-hydrogen) atoms. The second-order valence-corrected chi connectivity index (χ2v) is 6.81. The van der Waals surface area contributed by atoms with Gasteiger partial charge in [-0.05, 0) is 49.7 Å². The van der Waals surface area contributed by atoms with Gasteiger partial charge in [0.25, 0.3) is 10.9 Å². The van der Waals surface area contributed by atoms with E-state index in [1.165, 1.54) is 37.9 Å². The minimum absolute atomic E-state index is 0.357. The molecule has 2 aromatic rings. The average molecular weight is 369 g/mol. The highest BCUT2D eigenvalue weighted by atomic mass is 16.5. The summed E-state index contributed by atoms with van der Waals surface area (Å²) >= 11 is 0. The van der Waals surface area contributed by atoms with E-state index >= 15 is 0 Å². The normalized spacial score (nSPS) is 15.3. The second kappa shape index (κ2) is 9.37. The molecule has 1 aliphatic heterocycles. The third-order valence-corrected chi connectivity index (χ3v) is 4.82. The summed E-state index contributed by atoms with van der Waals surface area (Å²) in [5, 5.41) is 5.69. The Hall–Kier alpha value is -2.60. The Labute approximate surface area is 159 Å². The van der Waals surface area contributed by atoms with E-state index in [4.69, 9.17) is 4.74 Å². The van der Waals surface area contributed by atoms with E-state index in [2.05, 4.69) is 27.7 Å². The maximum atomic E-state index is 11.4. The third-order valence-electron chi connectivity index (χ3n) is 4.82. The maximum Gasteiger partial charge on any atom is 0.253 e. The number of piperidine rings is 1. The highest BCUT2D eigenvalue weighted by Gasteiger charge is 2.18. The maximum absolute atomic E-state index is 11.4. The first kappa shape index (κ1) is 19.2. The van der Waals surface area contributed by atoms with Gasteiger partial charge < -0.3 is 15.4 Å². The molecule has 0 spiro atoms. The van der Waals surface area contributed by atoms with E-state index in [9.17, 15) is 9.59 Å². The van der Waals surface area contributed by atoms with Gasteiger partial charge in [0.1, 0.15) is 23.7 Å². The van der Waals surface area contributed by atoms with Crippen LogP contribution in [-0.4, -0.2) is 38.2 Å². The third kappa shape index (κ3) is 4.98. The Morgan fingerprint density at radius 3 is 2.63 bits per heavy atom. The van der Waals surface area contributed by atoms with E-state index in [1.807, 2.05) is 24.3 Å². The lowest BCUT2D eigenvalue weighted by atomic mass is 10.1. The molecule has 1 saturated heterocycles. The molecule has 1 fully saturated rings. The van der Waals surface area contributed by atoms with Gasteiger partial charge in [-0.2, -0.15) is 0 Å². The quantitative estimate of drug-likeness (QED) is 0.522. The Morgan fingerprint density at radius 1 is 1.07 bits per heavy atom. The number of anilines is 2. The van der Waals surface area contributed by atoms with Gasteiger partial charge in [-0.15, -0.1) is 0 Å². The van der Waals surface area contributed by atoms with E-state index in [0.717, 1.165) is 12.3 Å². The van der Waals surface area contributed by atoms with Gasteiger partial charge in [0.15, 0.2) is 0 Å². The van der Waals surface area contributed by atoms with Crippen molar-refractivity contribution in [3.8, 4) is 5.75 Å². The molecule has 144 valence electrons. The zero-order valence-electron chi connectivity index (χ0n) is 15.8. The molecule has 0 radical (unpaired) electrons. The number of hydrogen-bond donors (Lipinski definition) is 2. The molecule has 0 unspecified atom stereocenters. The van der Waals surface area contributed by atoms with E-state index in [1.54, 1.807) is 7.05 Å². The summed E-state index contributed by atoms with van der Waals surface area (Å²) in [6, 6.07) is 8.24. The zero-order valence-corrected chi connectivity index (χ0v) is 15.8. The molecule has 0 aromatic heterocycles.